The molecule has 8 heteroatoms. The van der Waals surface area contributed by atoms with Crippen LogP contribution in [0.4, 0.5) is 17.6 Å². The fourth-order valence-corrected chi connectivity index (χ4v) is 5.03. The number of aromatic nitrogens is 5. The van der Waals surface area contributed by atoms with Gasteiger partial charge in [-0.2, -0.15) is 9.67 Å². The van der Waals surface area contributed by atoms with Crippen molar-refractivity contribution in [1.82, 2.24) is 29.9 Å². The number of hydrogen-bond acceptors (Lipinski definition) is 7. The van der Waals surface area contributed by atoms with Gasteiger partial charge in [-0.15, -0.1) is 15.3 Å². The standard InChI is InChI=1S/C28H30N8/c29-27-31-28(30-23-14-12-20(13-15-23)7-6-18-35-16-3-4-17-35)34-36(27)25-19-22-10-5-9-21-8-1-2-11-24(21)26(22)33-32-25/h1-2,6-8,11-15,19H,3-5,9-10,16-18H2,(H3,29,30,31,34). The second-order valence-corrected chi connectivity index (χ2v) is 9.45. The van der Waals surface area contributed by atoms with Gasteiger partial charge in [-0.3, -0.25) is 4.90 Å². The van der Waals surface area contributed by atoms with E-state index in [9.17, 15) is 0 Å². The molecule has 1 saturated heterocycles. The van der Waals surface area contributed by atoms with Gasteiger partial charge in [0.05, 0.1) is 5.69 Å². The highest BCUT2D eigenvalue weighted by Gasteiger charge is 2.19. The average Bonchev–Trinajstić information content (AvgIpc) is 3.50. The van der Waals surface area contributed by atoms with E-state index in [1.165, 1.54) is 37.1 Å². The third-order valence-electron chi connectivity index (χ3n) is 6.91. The van der Waals surface area contributed by atoms with Crippen LogP contribution < -0.4 is 11.1 Å². The number of fused-ring (bicyclic) bond motifs is 3. The maximum absolute atomic E-state index is 6.21. The third kappa shape index (κ3) is 4.72. The second-order valence-electron chi connectivity index (χ2n) is 9.45. The summed E-state index contributed by atoms with van der Waals surface area (Å²) in [5.74, 6) is 1.26. The zero-order chi connectivity index (χ0) is 24.3. The van der Waals surface area contributed by atoms with Crippen LogP contribution in [-0.4, -0.2) is 49.5 Å². The molecule has 6 rings (SSSR count). The van der Waals surface area contributed by atoms with Crippen molar-refractivity contribution in [2.24, 2.45) is 0 Å². The maximum atomic E-state index is 6.21. The fraction of sp³-hybridized carbons (Fsp3) is 0.286. The van der Waals surface area contributed by atoms with Crippen molar-refractivity contribution in [2.75, 3.05) is 30.7 Å². The first-order valence-corrected chi connectivity index (χ1v) is 12.7. The lowest BCUT2D eigenvalue weighted by molar-refractivity contribution is 0.378. The van der Waals surface area contributed by atoms with Crippen LogP contribution in [0, 0.1) is 0 Å². The molecule has 0 amide bonds. The molecule has 0 bridgehead atoms. The molecule has 0 unspecified atom stereocenters. The molecule has 2 aliphatic rings. The first-order valence-electron chi connectivity index (χ1n) is 12.7. The Kier molecular flexibility index (Phi) is 6.17. The van der Waals surface area contributed by atoms with E-state index in [1.54, 1.807) is 4.68 Å². The van der Waals surface area contributed by atoms with Crippen molar-refractivity contribution in [1.29, 1.82) is 0 Å². The summed E-state index contributed by atoms with van der Waals surface area (Å²) in [6.07, 6.45) is 10.1. The molecular weight excluding hydrogens is 448 g/mol. The molecule has 2 aromatic heterocycles. The molecule has 2 aromatic carbocycles. The minimum absolute atomic E-state index is 0.266. The molecule has 3 N–H and O–H groups in total. The van der Waals surface area contributed by atoms with Gasteiger partial charge < -0.3 is 11.1 Å². The van der Waals surface area contributed by atoms with Crippen LogP contribution in [0.2, 0.25) is 0 Å². The van der Waals surface area contributed by atoms with Gasteiger partial charge in [-0.05, 0) is 80.1 Å². The smallest absolute Gasteiger partial charge is 0.248 e. The van der Waals surface area contributed by atoms with Gasteiger partial charge in [0, 0.05) is 17.8 Å². The molecule has 1 aliphatic heterocycles. The monoisotopic (exact) mass is 478 g/mol. The molecule has 36 heavy (non-hydrogen) atoms. The molecule has 0 saturated carbocycles. The third-order valence-corrected chi connectivity index (χ3v) is 6.91. The van der Waals surface area contributed by atoms with E-state index in [2.05, 4.69) is 73.0 Å². The number of nitrogen functional groups attached to an aromatic ring is 1. The number of rotatable bonds is 6. The minimum atomic E-state index is 0.266. The van der Waals surface area contributed by atoms with Gasteiger partial charge >= 0.3 is 0 Å². The number of aryl methyl sites for hydroxylation is 2. The summed E-state index contributed by atoms with van der Waals surface area (Å²) >= 11 is 0. The number of likely N-dealkylation sites (tertiary alicyclic amines) is 1. The molecule has 8 nitrogen and oxygen atoms in total. The van der Waals surface area contributed by atoms with Gasteiger partial charge in [0.15, 0.2) is 5.82 Å². The Hall–Kier alpha value is -4.04. The summed E-state index contributed by atoms with van der Waals surface area (Å²) in [6.45, 7) is 3.43. The average molecular weight is 479 g/mol. The van der Waals surface area contributed by atoms with Crippen molar-refractivity contribution >= 4 is 23.7 Å². The van der Waals surface area contributed by atoms with Gasteiger partial charge in [0.2, 0.25) is 11.9 Å². The number of hydrogen-bond donors (Lipinski definition) is 2. The maximum Gasteiger partial charge on any atom is 0.248 e. The van der Waals surface area contributed by atoms with Crippen LogP contribution in [0.15, 0.2) is 60.7 Å². The highest BCUT2D eigenvalue weighted by molar-refractivity contribution is 5.68. The first kappa shape index (κ1) is 22.4. The van der Waals surface area contributed by atoms with Crippen molar-refractivity contribution in [2.45, 2.75) is 32.1 Å². The summed E-state index contributed by atoms with van der Waals surface area (Å²) in [5.41, 5.74) is 12.8. The number of anilines is 3. The predicted molar refractivity (Wildman–Crippen MR) is 143 cm³/mol. The first-order chi connectivity index (χ1) is 17.7. The lowest BCUT2D eigenvalue weighted by atomic mass is 10.0. The van der Waals surface area contributed by atoms with E-state index in [-0.39, 0.29) is 5.95 Å². The Labute approximate surface area is 210 Å². The number of nitrogens with zero attached hydrogens (tertiary/aromatic N) is 6. The van der Waals surface area contributed by atoms with Crippen LogP contribution in [0.25, 0.3) is 23.2 Å². The van der Waals surface area contributed by atoms with Crippen molar-refractivity contribution in [3.8, 4) is 17.1 Å². The number of nitrogens with one attached hydrogen (secondary N) is 1. The summed E-state index contributed by atoms with van der Waals surface area (Å²) in [7, 11) is 0. The van der Waals surface area contributed by atoms with E-state index < -0.39 is 0 Å². The Balaban J connectivity index is 1.17. The Bertz CT molecular complexity index is 1380. The van der Waals surface area contributed by atoms with Crippen LogP contribution in [0.5, 0.6) is 0 Å². The Morgan fingerprint density at radius 1 is 0.917 bits per heavy atom. The van der Waals surface area contributed by atoms with E-state index in [4.69, 9.17) is 5.73 Å². The summed E-state index contributed by atoms with van der Waals surface area (Å²) in [4.78, 5) is 6.87. The molecule has 4 aromatic rings. The fourth-order valence-electron chi connectivity index (χ4n) is 5.03. The van der Waals surface area contributed by atoms with E-state index >= 15 is 0 Å². The number of benzene rings is 2. The van der Waals surface area contributed by atoms with Crippen LogP contribution >= 0.6 is 0 Å². The summed E-state index contributed by atoms with van der Waals surface area (Å²) in [6, 6.07) is 18.7. The van der Waals surface area contributed by atoms with Gasteiger partial charge in [0.25, 0.3) is 0 Å². The van der Waals surface area contributed by atoms with E-state index in [1.807, 2.05) is 24.3 Å². The SMILES string of the molecule is Nc1nc(Nc2ccc(C=CCN3CCCC3)cc2)nn1-c1cc2c(nn1)-c1ccccc1CCC2. The lowest BCUT2D eigenvalue weighted by Crippen LogP contribution is -2.18. The lowest BCUT2D eigenvalue weighted by Gasteiger charge is -2.10. The van der Waals surface area contributed by atoms with Gasteiger partial charge in [0.1, 0.15) is 0 Å². The minimum Gasteiger partial charge on any atom is -0.368 e. The van der Waals surface area contributed by atoms with Crippen LogP contribution in [0.3, 0.4) is 0 Å². The summed E-state index contributed by atoms with van der Waals surface area (Å²) in [5, 5.41) is 16.8. The quantitative estimate of drug-likeness (QED) is 0.416. The van der Waals surface area contributed by atoms with E-state index in [0.717, 1.165) is 48.3 Å². The molecule has 182 valence electrons. The molecule has 0 atom stereocenters. The molecule has 3 heterocycles. The molecular formula is C28H30N8. The number of nitrogens with two attached hydrogens (primary N) is 1. The largest absolute Gasteiger partial charge is 0.368 e. The predicted octanol–water partition coefficient (Wildman–Crippen LogP) is 4.65. The Morgan fingerprint density at radius 2 is 1.72 bits per heavy atom. The van der Waals surface area contributed by atoms with Gasteiger partial charge in [-0.1, -0.05) is 48.6 Å². The molecule has 0 spiro atoms. The second kappa shape index (κ2) is 9.91. The topological polar surface area (TPSA) is 97.8 Å². The van der Waals surface area contributed by atoms with Crippen LogP contribution in [0.1, 0.15) is 36.0 Å². The van der Waals surface area contributed by atoms with E-state index in [0.29, 0.717) is 11.8 Å². The van der Waals surface area contributed by atoms with Crippen molar-refractivity contribution in [3.63, 3.8) is 0 Å². The van der Waals surface area contributed by atoms with Crippen molar-refractivity contribution in [3.05, 3.63) is 77.4 Å². The van der Waals surface area contributed by atoms with Crippen molar-refractivity contribution < 1.29 is 0 Å². The normalized spacial score (nSPS) is 15.6. The zero-order valence-electron chi connectivity index (χ0n) is 20.3. The van der Waals surface area contributed by atoms with Crippen LogP contribution in [-0.2, 0) is 12.8 Å². The molecule has 0 radical (unpaired) electrons. The Morgan fingerprint density at radius 3 is 2.58 bits per heavy atom. The van der Waals surface area contributed by atoms with Gasteiger partial charge in [-0.25, -0.2) is 0 Å². The highest BCUT2D eigenvalue weighted by atomic mass is 15.4. The zero-order valence-corrected chi connectivity index (χ0v) is 20.3. The molecule has 1 fully saturated rings. The molecule has 1 aliphatic carbocycles. The summed E-state index contributed by atoms with van der Waals surface area (Å²) < 4.78 is 1.54. The highest BCUT2D eigenvalue weighted by Crippen LogP contribution is 2.31.